The van der Waals surface area contributed by atoms with Crippen molar-refractivity contribution in [3.63, 3.8) is 0 Å². The summed E-state index contributed by atoms with van der Waals surface area (Å²) in [6, 6.07) is 0. The molecule has 1 saturated heterocycles. The average Bonchev–Trinajstić information content (AvgIpc) is 2.28. The molecule has 0 unspecified atom stereocenters. The molecule has 16 heavy (non-hydrogen) atoms. The van der Waals surface area contributed by atoms with Crippen LogP contribution in [0, 0.1) is 5.92 Å². The Labute approximate surface area is 100 Å². The van der Waals surface area contributed by atoms with E-state index in [1.165, 1.54) is 12.8 Å². The zero-order chi connectivity index (χ0) is 11.8. The molecule has 0 N–H and O–H groups in total. The predicted molar refractivity (Wildman–Crippen MR) is 66.7 cm³/mol. The van der Waals surface area contributed by atoms with E-state index in [2.05, 4.69) is 25.7 Å². The molecule has 0 aromatic rings. The van der Waals surface area contributed by atoms with Gasteiger partial charge in [0.25, 0.3) is 0 Å². The maximum atomic E-state index is 5.67. The maximum absolute atomic E-state index is 5.67. The summed E-state index contributed by atoms with van der Waals surface area (Å²) in [6.45, 7) is 12.4. The van der Waals surface area contributed by atoms with Gasteiger partial charge in [-0.1, -0.05) is 20.8 Å². The van der Waals surface area contributed by atoms with Crippen LogP contribution >= 0.6 is 0 Å². The van der Waals surface area contributed by atoms with Crippen molar-refractivity contribution in [2.45, 2.75) is 39.7 Å². The monoisotopic (exact) mass is 229 g/mol. The number of hydrogen-bond acceptors (Lipinski definition) is 3. The lowest BCUT2D eigenvalue weighted by Crippen LogP contribution is -2.44. The first-order valence-electron chi connectivity index (χ1n) is 6.64. The van der Waals surface area contributed by atoms with Gasteiger partial charge in [0, 0.05) is 19.7 Å². The molecule has 0 saturated carbocycles. The normalized spacial score (nSPS) is 22.9. The van der Waals surface area contributed by atoms with Gasteiger partial charge in [-0.25, -0.2) is 0 Å². The fourth-order valence-corrected chi connectivity index (χ4v) is 1.98. The van der Waals surface area contributed by atoms with E-state index in [0.29, 0.717) is 0 Å². The van der Waals surface area contributed by atoms with Crippen molar-refractivity contribution < 1.29 is 9.47 Å². The Hall–Kier alpha value is -0.120. The summed E-state index contributed by atoms with van der Waals surface area (Å²) < 4.78 is 11.3. The van der Waals surface area contributed by atoms with Crippen LogP contribution in [-0.2, 0) is 9.47 Å². The van der Waals surface area contributed by atoms with E-state index in [-0.39, 0.29) is 6.10 Å². The lowest BCUT2D eigenvalue weighted by atomic mass is 10.1. The maximum Gasteiger partial charge on any atom is 0.0935 e. The Kier molecular flexibility index (Phi) is 7.01. The van der Waals surface area contributed by atoms with Gasteiger partial charge in [-0.3, -0.25) is 4.90 Å². The summed E-state index contributed by atoms with van der Waals surface area (Å²) in [4.78, 5) is 2.42. The summed E-state index contributed by atoms with van der Waals surface area (Å²) in [5, 5.41) is 0. The van der Waals surface area contributed by atoms with Crippen molar-refractivity contribution >= 4 is 0 Å². The SMILES string of the molecule is CCN1CCO[C@@H](COCCCC(C)C)C1. The van der Waals surface area contributed by atoms with Gasteiger partial charge in [-0.05, 0) is 25.3 Å². The Bertz CT molecular complexity index is 173. The highest BCUT2D eigenvalue weighted by Crippen LogP contribution is 2.07. The molecule has 1 aliphatic rings. The number of ether oxygens (including phenoxy) is 2. The van der Waals surface area contributed by atoms with Gasteiger partial charge >= 0.3 is 0 Å². The number of rotatable bonds is 7. The van der Waals surface area contributed by atoms with Crippen LogP contribution in [-0.4, -0.2) is 50.5 Å². The molecule has 3 nitrogen and oxygen atoms in total. The summed E-state index contributed by atoms with van der Waals surface area (Å²) in [5.41, 5.74) is 0. The van der Waals surface area contributed by atoms with Crippen LogP contribution in [0.2, 0.25) is 0 Å². The molecule has 3 heteroatoms. The first kappa shape index (κ1) is 13.9. The summed E-state index contributed by atoms with van der Waals surface area (Å²) in [6.07, 6.45) is 2.71. The van der Waals surface area contributed by atoms with E-state index in [1.807, 2.05) is 0 Å². The standard InChI is InChI=1S/C13H27NO2/c1-4-14-7-9-16-13(10-14)11-15-8-5-6-12(2)3/h12-13H,4-11H2,1-3H3/t13-/m1/s1. The minimum absolute atomic E-state index is 0.285. The van der Waals surface area contributed by atoms with Crippen molar-refractivity contribution in [3.05, 3.63) is 0 Å². The van der Waals surface area contributed by atoms with Crippen LogP contribution in [0.4, 0.5) is 0 Å². The average molecular weight is 229 g/mol. The van der Waals surface area contributed by atoms with Crippen molar-refractivity contribution in [2.75, 3.05) is 39.5 Å². The summed E-state index contributed by atoms with van der Waals surface area (Å²) >= 11 is 0. The zero-order valence-corrected chi connectivity index (χ0v) is 11.1. The molecular formula is C13H27NO2. The lowest BCUT2D eigenvalue weighted by Gasteiger charge is -2.31. The molecule has 1 rings (SSSR count). The van der Waals surface area contributed by atoms with Crippen LogP contribution < -0.4 is 0 Å². The molecule has 0 aromatic carbocycles. The molecule has 0 amide bonds. The second-order valence-corrected chi connectivity index (χ2v) is 5.00. The second-order valence-electron chi connectivity index (χ2n) is 5.00. The lowest BCUT2D eigenvalue weighted by molar-refractivity contribution is -0.0683. The fourth-order valence-electron chi connectivity index (χ4n) is 1.98. The molecule has 1 atom stereocenters. The number of morpholine rings is 1. The fraction of sp³-hybridized carbons (Fsp3) is 1.00. The number of hydrogen-bond donors (Lipinski definition) is 0. The van der Waals surface area contributed by atoms with E-state index in [1.54, 1.807) is 0 Å². The molecule has 1 heterocycles. The smallest absolute Gasteiger partial charge is 0.0935 e. The minimum Gasteiger partial charge on any atom is -0.379 e. The molecule has 0 bridgehead atoms. The van der Waals surface area contributed by atoms with E-state index >= 15 is 0 Å². The molecule has 1 aliphatic heterocycles. The molecule has 1 fully saturated rings. The summed E-state index contributed by atoms with van der Waals surface area (Å²) in [7, 11) is 0. The van der Waals surface area contributed by atoms with Crippen molar-refractivity contribution in [1.82, 2.24) is 4.90 Å². The van der Waals surface area contributed by atoms with E-state index < -0.39 is 0 Å². The van der Waals surface area contributed by atoms with Crippen LogP contribution in [0.3, 0.4) is 0 Å². The molecule has 0 aliphatic carbocycles. The van der Waals surface area contributed by atoms with Crippen molar-refractivity contribution in [2.24, 2.45) is 5.92 Å². The van der Waals surface area contributed by atoms with Crippen LogP contribution in [0.1, 0.15) is 33.6 Å². The quantitative estimate of drug-likeness (QED) is 0.624. The van der Waals surface area contributed by atoms with Crippen LogP contribution in [0.25, 0.3) is 0 Å². The van der Waals surface area contributed by atoms with Crippen molar-refractivity contribution in [1.29, 1.82) is 0 Å². The molecular weight excluding hydrogens is 202 g/mol. The highest BCUT2D eigenvalue weighted by Gasteiger charge is 2.18. The summed E-state index contributed by atoms with van der Waals surface area (Å²) in [5.74, 6) is 0.783. The number of likely N-dealkylation sites (N-methyl/N-ethyl adjacent to an activating group) is 1. The third kappa shape index (κ3) is 5.83. The first-order valence-corrected chi connectivity index (χ1v) is 6.64. The Morgan fingerprint density at radius 3 is 2.94 bits per heavy atom. The molecule has 0 radical (unpaired) electrons. The van der Waals surface area contributed by atoms with Gasteiger partial charge in [-0.15, -0.1) is 0 Å². The van der Waals surface area contributed by atoms with Crippen LogP contribution in [0.5, 0.6) is 0 Å². The zero-order valence-electron chi connectivity index (χ0n) is 11.1. The third-order valence-electron chi connectivity index (χ3n) is 3.04. The highest BCUT2D eigenvalue weighted by atomic mass is 16.5. The highest BCUT2D eigenvalue weighted by molar-refractivity contribution is 4.69. The van der Waals surface area contributed by atoms with Gasteiger partial charge < -0.3 is 9.47 Å². The Balaban J connectivity index is 1.99. The molecule has 0 spiro atoms. The Morgan fingerprint density at radius 1 is 1.44 bits per heavy atom. The predicted octanol–water partition coefficient (Wildman–Crippen LogP) is 2.16. The van der Waals surface area contributed by atoms with Gasteiger partial charge in [0.05, 0.1) is 19.3 Å². The van der Waals surface area contributed by atoms with Gasteiger partial charge in [0.1, 0.15) is 0 Å². The Morgan fingerprint density at radius 2 is 2.25 bits per heavy atom. The van der Waals surface area contributed by atoms with E-state index in [9.17, 15) is 0 Å². The largest absolute Gasteiger partial charge is 0.379 e. The minimum atomic E-state index is 0.285. The van der Waals surface area contributed by atoms with E-state index in [4.69, 9.17) is 9.47 Å². The van der Waals surface area contributed by atoms with Crippen molar-refractivity contribution in [3.8, 4) is 0 Å². The topological polar surface area (TPSA) is 21.7 Å². The number of nitrogens with zero attached hydrogens (tertiary/aromatic N) is 1. The van der Waals surface area contributed by atoms with Gasteiger partial charge in [-0.2, -0.15) is 0 Å². The first-order chi connectivity index (χ1) is 7.72. The molecule has 96 valence electrons. The van der Waals surface area contributed by atoms with Crippen LogP contribution in [0.15, 0.2) is 0 Å². The van der Waals surface area contributed by atoms with Gasteiger partial charge in [0.2, 0.25) is 0 Å². The molecule has 0 aromatic heterocycles. The van der Waals surface area contributed by atoms with E-state index in [0.717, 1.165) is 45.4 Å². The van der Waals surface area contributed by atoms with Gasteiger partial charge in [0.15, 0.2) is 0 Å². The second kappa shape index (κ2) is 8.04. The third-order valence-corrected chi connectivity index (χ3v) is 3.04.